The highest BCUT2D eigenvalue weighted by molar-refractivity contribution is 6.05. The fourth-order valence-corrected chi connectivity index (χ4v) is 2.20. The van der Waals surface area contributed by atoms with Crippen molar-refractivity contribution in [3.05, 3.63) is 59.9 Å². The number of amides is 1. The van der Waals surface area contributed by atoms with Crippen LogP contribution in [-0.2, 0) is 0 Å². The van der Waals surface area contributed by atoms with Gasteiger partial charge in [0.2, 0.25) is 5.96 Å². The number of guanidine groups is 1. The molecule has 0 radical (unpaired) electrons. The molecule has 0 saturated carbocycles. The standard InChI is InChI=1S/C17H15N3O3/c1-10-8-12-9-13(4-7-15(12)23-10)19-17(18)20-16(22)11-2-5-14(21)6-3-11/h2-9,21H,1H3,(H3,18,19,20,22). The number of furan rings is 1. The molecule has 6 nitrogen and oxygen atoms in total. The number of carbonyl (C=O) groups excluding carboxylic acids is 1. The van der Waals surface area contributed by atoms with E-state index in [1.54, 1.807) is 12.1 Å². The van der Waals surface area contributed by atoms with Gasteiger partial charge >= 0.3 is 0 Å². The van der Waals surface area contributed by atoms with Gasteiger partial charge in [0, 0.05) is 10.9 Å². The maximum absolute atomic E-state index is 12.0. The summed E-state index contributed by atoms with van der Waals surface area (Å²) in [7, 11) is 0. The van der Waals surface area contributed by atoms with Crippen molar-refractivity contribution in [2.45, 2.75) is 6.92 Å². The second-order valence-electron chi connectivity index (χ2n) is 5.08. The molecule has 0 aliphatic rings. The first-order valence-corrected chi connectivity index (χ1v) is 6.96. The van der Waals surface area contributed by atoms with E-state index in [9.17, 15) is 9.90 Å². The summed E-state index contributed by atoms with van der Waals surface area (Å²) in [5, 5.41) is 12.6. The van der Waals surface area contributed by atoms with Crippen LogP contribution >= 0.6 is 0 Å². The molecule has 0 spiro atoms. The van der Waals surface area contributed by atoms with Gasteiger partial charge < -0.3 is 15.3 Å². The molecular weight excluding hydrogens is 294 g/mol. The summed E-state index contributed by atoms with van der Waals surface area (Å²) in [6.45, 7) is 1.87. The van der Waals surface area contributed by atoms with Gasteiger partial charge in [-0.05, 0) is 55.5 Å². The number of benzene rings is 2. The lowest BCUT2D eigenvalue weighted by Gasteiger charge is -2.04. The molecule has 23 heavy (non-hydrogen) atoms. The van der Waals surface area contributed by atoms with Crippen LogP contribution in [-0.4, -0.2) is 17.0 Å². The smallest absolute Gasteiger partial charge is 0.257 e. The second kappa shape index (κ2) is 5.84. The third-order valence-electron chi connectivity index (χ3n) is 3.24. The molecule has 0 saturated heterocycles. The van der Waals surface area contributed by atoms with E-state index >= 15 is 0 Å². The van der Waals surface area contributed by atoms with Gasteiger partial charge in [0.25, 0.3) is 5.91 Å². The molecule has 1 amide bonds. The molecule has 3 aromatic rings. The highest BCUT2D eigenvalue weighted by atomic mass is 16.3. The Kier molecular flexibility index (Phi) is 3.72. The van der Waals surface area contributed by atoms with Crippen molar-refractivity contribution in [1.29, 1.82) is 0 Å². The van der Waals surface area contributed by atoms with Gasteiger partial charge in [0.1, 0.15) is 17.1 Å². The zero-order valence-electron chi connectivity index (χ0n) is 12.4. The summed E-state index contributed by atoms with van der Waals surface area (Å²) < 4.78 is 5.49. The molecule has 0 fully saturated rings. The number of fused-ring (bicyclic) bond motifs is 1. The van der Waals surface area contributed by atoms with Crippen molar-refractivity contribution in [2.24, 2.45) is 10.7 Å². The summed E-state index contributed by atoms with van der Waals surface area (Å²) in [5.74, 6) is 0.496. The Bertz CT molecular complexity index is 895. The first-order chi connectivity index (χ1) is 11.0. The van der Waals surface area contributed by atoms with Gasteiger partial charge in [-0.15, -0.1) is 0 Å². The lowest BCUT2D eigenvalue weighted by molar-refractivity contribution is 0.0976. The number of aromatic hydroxyl groups is 1. The minimum atomic E-state index is -0.397. The summed E-state index contributed by atoms with van der Waals surface area (Å²) in [6, 6.07) is 13.1. The number of hydrogen-bond acceptors (Lipinski definition) is 4. The molecule has 2 aromatic carbocycles. The van der Waals surface area contributed by atoms with Crippen LogP contribution in [0.15, 0.2) is 57.9 Å². The molecule has 3 rings (SSSR count). The minimum Gasteiger partial charge on any atom is -0.508 e. The normalized spacial score (nSPS) is 11.6. The van der Waals surface area contributed by atoms with Crippen molar-refractivity contribution >= 4 is 28.5 Å². The maximum Gasteiger partial charge on any atom is 0.257 e. The zero-order valence-corrected chi connectivity index (χ0v) is 12.4. The number of aryl methyl sites for hydroxylation is 1. The quantitative estimate of drug-likeness (QED) is 0.500. The minimum absolute atomic E-state index is 0.0114. The predicted octanol–water partition coefficient (Wildman–Crippen LogP) is 2.82. The molecule has 1 heterocycles. The summed E-state index contributed by atoms with van der Waals surface area (Å²) >= 11 is 0. The average Bonchev–Trinajstić information content (AvgIpc) is 2.87. The Labute approximate surface area is 132 Å². The number of rotatable bonds is 2. The van der Waals surface area contributed by atoms with Crippen molar-refractivity contribution in [2.75, 3.05) is 0 Å². The molecule has 0 bridgehead atoms. The van der Waals surface area contributed by atoms with E-state index in [4.69, 9.17) is 10.2 Å². The first-order valence-electron chi connectivity index (χ1n) is 6.96. The van der Waals surface area contributed by atoms with E-state index in [1.165, 1.54) is 24.3 Å². The lowest BCUT2D eigenvalue weighted by atomic mass is 10.2. The van der Waals surface area contributed by atoms with Crippen LogP contribution in [0.1, 0.15) is 16.1 Å². The second-order valence-corrected chi connectivity index (χ2v) is 5.08. The predicted molar refractivity (Wildman–Crippen MR) is 87.8 cm³/mol. The fraction of sp³-hybridized carbons (Fsp3) is 0.0588. The number of nitrogens with zero attached hydrogens (tertiary/aromatic N) is 1. The van der Waals surface area contributed by atoms with E-state index in [-0.39, 0.29) is 11.7 Å². The molecule has 0 aliphatic carbocycles. The van der Waals surface area contributed by atoms with E-state index in [2.05, 4.69) is 10.3 Å². The fourth-order valence-electron chi connectivity index (χ4n) is 2.20. The summed E-state index contributed by atoms with van der Waals surface area (Å²) in [6.07, 6.45) is 0. The number of nitrogens with one attached hydrogen (secondary N) is 1. The van der Waals surface area contributed by atoms with Crippen molar-refractivity contribution in [3.8, 4) is 5.75 Å². The van der Waals surface area contributed by atoms with E-state index < -0.39 is 5.91 Å². The van der Waals surface area contributed by atoms with Crippen LogP contribution in [0, 0.1) is 6.92 Å². The Morgan fingerprint density at radius 1 is 1.17 bits per heavy atom. The number of aliphatic imine (C=N–C) groups is 1. The molecule has 0 aliphatic heterocycles. The molecular formula is C17H15N3O3. The van der Waals surface area contributed by atoms with Crippen LogP contribution in [0.2, 0.25) is 0 Å². The van der Waals surface area contributed by atoms with Gasteiger partial charge in [-0.3, -0.25) is 10.1 Å². The average molecular weight is 309 g/mol. The van der Waals surface area contributed by atoms with Crippen molar-refractivity contribution in [3.63, 3.8) is 0 Å². The SMILES string of the molecule is Cc1cc2cc(N=C(N)NC(=O)c3ccc(O)cc3)ccc2o1. The van der Waals surface area contributed by atoms with E-state index in [0.717, 1.165) is 16.7 Å². The number of nitrogens with two attached hydrogens (primary N) is 1. The molecule has 1 aromatic heterocycles. The van der Waals surface area contributed by atoms with Gasteiger partial charge in [-0.2, -0.15) is 0 Å². The molecule has 6 heteroatoms. The zero-order chi connectivity index (χ0) is 16.4. The van der Waals surface area contributed by atoms with Gasteiger partial charge in [0.05, 0.1) is 5.69 Å². The molecule has 116 valence electrons. The third kappa shape index (κ3) is 3.32. The molecule has 0 unspecified atom stereocenters. The van der Waals surface area contributed by atoms with Gasteiger partial charge in [-0.25, -0.2) is 4.99 Å². The summed E-state index contributed by atoms with van der Waals surface area (Å²) in [5.41, 5.74) is 7.53. The third-order valence-corrected chi connectivity index (χ3v) is 3.24. The number of phenolic OH excluding ortho intramolecular Hbond substituents is 1. The Morgan fingerprint density at radius 2 is 1.91 bits per heavy atom. The number of carbonyl (C=O) groups is 1. The van der Waals surface area contributed by atoms with Crippen molar-refractivity contribution in [1.82, 2.24) is 5.32 Å². The lowest BCUT2D eigenvalue weighted by Crippen LogP contribution is -2.36. The highest BCUT2D eigenvalue weighted by Crippen LogP contribution is 2.24. The number of hydrogen-bond donors (Lipinski definition) is 3. The largest absolute Gasteiger partial charge is 0.508 e. The molecule has 0 atom stereocenters. The van der Waals surface area contributed by atoms with E-state index in [0.29, 0.717) is 11.3 Å². The monoisotopic (exact) mass is 309 g/mol. The van der Waals surface area contributed by atoms with E-state index in [1.807, 2.05) is 19.1 Å². The summed E-state index contributed by atoms with van der Waals surface area (Å²) in [4.78, 5) is 16.2. The maximum atomic E-state index is 12.0. The first kappa shape index (κ1) is 14.6. The van der Waals surface area contributed by atoms with Crippen LogP contribution in [0.3, 0.4) is 0 Å². The molecule has 4 N–H and O–H groups in total. The van der Waals surface area contributed by atoms with Crippen LogP contribution in [0.5, 0.6) is 5.75 Å². The Balaban J connectivity index is 1.77. The topological polar surface area (TPSA) is 101 Å². The van der Waals surface area contributed by atoms with Crippen LogP contribution < -0.4 is 11.1 Å². The van der Waals surface area contributed by atoms with Crippen LogP contribution in [0.25, 0.3) is 11.0 Å². The highest BCUT2D eigenvalue weighted by Gasteiger charge is 2.07. The Hall–Kier alpha value is -3.28. The van der Waals surface area contributed by atoms with Gasteiger partial charge in [0.15, 0.2) is 0 Å². The Morgan fingerprint density at radius 3 is 2.65 bits per heavy atom. The van der Waals surface area contributed by atoms with Crippen LogP contribution in [0.4, 0.5) is 5.69 Å². The van der Waals surface area contributed by atoms with Crippen molar-refractivity contribution < 1.29 is 14.3 Å². The number of phenols is 1. The van der Waals surface area contributed by atoms with Gasteiger partial charge in [-0.1, -0.05) is 0 Å².